The van der Waals surface area contributed by atoms with Gasteiger partial charge in [0.1, 0.15) is 17.0 Å². The molecule has 0 aliphatic carbocycles. The molecule has 0 spiro atoms. The number of nitrogens with one attached hydrogen (secondary N) is 1. The van der Waals surface area contributed by atoms with E-state index >= 15 is 0 Å². The number of esters is 1. The van der Waals surface area contributed by atoms with Crippen molar-refractivity contribution >= 4 is 17.9 Å². The van der Waals surface area contributed by atoms with Crippen LogP contribution in [0, 0.1) is 6.92 Å². The Labute approximate surface area is 142 Å². The number of amides is 3. The van der Waals surface area contributed by atoms with Gasteiger partial charge in [0, 0.05) is 31.0 Å². The number of pyridine rings is 1. The molecule has 1 saturated heterocycles. The van der Waals surface area contributed by atoms with Gasteiger partial charge >= 0.3 is 12.0 Å². The Morgan fingerprint density at radius 3 is 2.72 bits per heavy atom. The highest BCUT2D eigenvalue weighted by atomic mass is 16.5. The molecule has 1 atom stereocenters. The normalized spacial score (nSPS) is 15.0. The highest BCUT2D eigenvalue weighted by Gasteiger charge is 2.33. The van der Waals surface area contributed by atoms with E-state index in [9.17, 15) is 14.4 Å². The number of hydrogen-bond donors (Lipinski definition) is 1. The van der Waals surface area contributed by atoms with Crippen molar-refractivity contribution in [2.45, 2.75) is 20.0 Å². The molecular weight excluding hydrogens is 328 g/mol. The zero-order valence-electron chi connectivity index (χ0n) is 13.7. The Hall–Kier alpha value is -3.23. The molecule has 1 N–H and O–H groups in total. The molecule has 9 nitrogen and oxygen atoms in total. The number of carbonyl (C=O) groups is 3. The minimum Gasteiger partial charge on any atom is -0.449 e. The van der Waals surface area contributed by atoms with Gasteiger partial charge in [-0.05, 0) is 26.0 Å². The first-order valence-electron chi connectivity index (χ1n) is 7.66. The fraction of sp³-hybridized carbons (Fsp3) is 0.312. The van der Waals surface area contributed by atoms with E-state index in [4.69, 9.17) is 9.26 Å². The van der Waals surface area contributed by atoms with E-state index in [-0.39, 0.29) is 17.9 Å². The fourth-order valence-corrected chi connectivity index (χ4v) is 2.49. The minimum absolute atomic E-state index is 0.136. The van der Waals surface area contributed by atoms with Crippen LogP contribution in [0.1, 0.15) is 23.0 Å². The van der Waals surface area contributed by atoms with Crippen molar-refractivity contribution in [3.63, 3.8) is 0 Å². The molecule has 25 heavy (non-hydrogen) atoms. The van der Waals surface area contributed by atoms with Gasteiger partial charge in [-0.2, -0.15) is 0 Å². The topological polar surface area (TPSA) is 115 Å². The molecule has 1 fully saturated rings. The molecule has 1 aliphatic heterocycles. The molecule has 0 unspecified atom stereocenters. The van der Waals surface area contributed by atoms with Gasteiger partial charge < -0.3 is 14.6 Å². The second-order valence-electron chi connectivity index (χ2n) is 5.47. The molecule has 0 bridgehead atoms. The van der Waals surface area contributed by atoms with Crippen molar-refractivity contribution in [3.8, 4) is 11.3 Å². The lowest BCUT2D eigenvalue weighted by Gasteiger charge is -2.18. The first-order chi connectivity index (χ1) is 12.0. The quantitative estimate of drug-likeness (QED) is 0.827. The van der Waals surface area contributed by atoms with Crippen molar-refractivity contribution in [3.05, 3.63) is 35.9 Å². The largest absolute Gasteiger partial charge is 0.449 e. The van der Waals surface area contributed by atoms with Gasteiger partial charge in [-0.1, -0.05) is 5.16 Å². The third-order valence-electron chi connectivity index (χ3n) is 3.78. The van der Waals surface area contributed by atoms with Crippen molar-refractivity contribution in [1.29, 1.82) is 0 Å². The zero-order chi connectivity index (χ0) is 18.0. The number of aromatic nitrogens is 2. The van der Waals surface area contributed by atoms with Crippen molar-refractivity contribution in [2.75, 3.05) is 13.1 Å². The van der Waals surface area contributed by atoms with E-state index in [1.54, 1.807) is 31.5 Å². The smallest absolute Gasteiger partial charge is 0.344 e. The van der Waals surface area contributed by atoms with E-state index in [2.05, 4.69) is 15.5 Å². The lowest BCUT2D eigenvalue weighted by atomic mass is 10.1. The number of aryl methyl sites for hydroxylation is 1. The molecule has 3 amide bonds. The van der Waals surface area contributed by atoms with Crippen LogP contribution in [0.2, 0.25) is 0 Å². The Kier molecular flexibility index (Phi) is 4.46. The van der Waals surface area contributed by atoms with Gasteiger partial charge in [-0.15, -0.1) is 0 Å². The second kappa shape index (κ2) is 6.71. The summed E-state index contributed by atoms with van der Waals surface area (Å²) in [7, 11) is 0. The zero-order valence-corrected chi connectivity index (χ0v) is 13.7. The average Bonchev–Trinajstić information content (AvgIpc) is 3.20. The minimum atomic E-state index is -1.11. The van der Waals surface area contributed by atoms with Crippen LogP contribution in [-0.4, -0.2) is 52.1 Å². The van der Waals surface area contributed by atoms with Crippen LogP contribution in [0.25, 0.3) is 11.3 Å². The number of ether oxygens (including phenoxy) is 1. The van der Waals surface area contributed by atoms with Crippen LogP contribution < -0.4 is 5.32 Å². The summed E-state index contributed by atoms with van der Waals surface area (Å²) in [6.45, 7) is 3.62. The molecule has 2 aromatic heterocycles. The van der Waals surface area contributed by atoms with Gasteiger partial charge in [0.05, 0.1) is 0 Å². The van der Waals surface area contributed by atoms with Crippen LogP contribution in [-0.2, 0) is 9.53 Å². The summed E-state index contributed by atoms with van der Waals surface area (Å²) in [5.41, 5.74) is 1.08. The van der Waals surface area contributed by atoms with Gasteiger partial charge in [0.15, 0.2) is 6.10 Å². The number of urea groups is 1. The van der Waals surface area contributed by atoms with Crippen LogP contribution >= 0.6 is 0 Å². The SMILES string of the molecule is Cc1onc(-c2ccncc2)c1C(=O)O[C@H](C)C(=O)N1CCNC1=O. The molecule has 3 heterocycles. The number of carbonyl (C=O) groups excluding carboxylic acids is 3. The van der Waals surface area contributed by atoms with Gasteiger partial charge in [-0.25, -0.2) is 9.59 Å². The van der Waals surface area contributed by atoms with Crippen molar-refractivity contribution in [1.82, 2.24) is 20.4 Å². The standard InChI is InChI=1S/C16H16N4O5/c1-9-12(13(19-25-9)11-3-5-17-6-4-11)15(22)24-10(2)14(21)20-8-7-18-16(20)23/h3-6,10H,7-8H2,1-2H3,(H,18,23)/t10-/m1/s1. The summed E-state index contributed by atoms with van der Waals surface area (Å²) in [6, 6.07) is 2.86. The highest BCUT2D eigenvalue weighted by Crippen LogP contribution is 2.25. The second-order valence-corrected chi connectivity index (χ2v) is 5.47. The number of rotatable bonds is 4. The Morgan fingerprint density at radius 2 is 2.08 bits per heavy atom. The van der Waals surface area contributed by atoms with E-state index in [1.807, 2.05) is 0 Å². The third-order valence-corrected chi connectivity index (χ3v) is 3.78. The van der Waals surface area contributed by atoms with Crippen LogP contribution in [0.3, 0.4) is 0 Å². The maximum atomic E-state index is 12.5. The fourth-order valence-electron chi connectivity index (χ4n) is 2.49. The Balaban J connectivity index is 1.79. The third kappa shape index (κ3) is 3.21. The molecule has 3 rings (SSSR count). The van der Waals surface area contributed by atoms with E-state index in [1.165, 1.54) is 6.92 Å². The summed E-state index contributed by atoms with van der Waals surface area (Å²) < 4.78 is 10.3. The molecule has 9 heteroatoms. The summed E-state index contributed by atoms with van der Waals surface area (Å²) >= 11 is 0. The summed E-state index contributed by atoms with van der Waals surface area (Å²) in [5, 5.41) is 6.41. The predicted molar refractivity (Wildman–Crippen MR) is 84.5 cm³/mol. The first kappa shape index (κ1) is 16.6. The molecule has 130 valence electrons. The van der Waals surface area contributed by atoms with Gasteiger partial charge in [0.2, 0.25) is 0 Å². The molecular formula is C16H16N4O5. The average molecular weight is 344 g/mol. The lowest BCUT2D eigenvalue weighted by molar-refractivity contribution is -0.136. The van der Waals surface area contributed by atoms with Gasteiger partial charge in [-0.3, -0.25) is 14.7 Å². The molecule has 0 saturated carbocycles. The summed E-state index contributed by atoms with van der Waals surface area (Å²) in [4.78, 5) is 41.2. The van der Waals surface area contributed by atoms with Crippen LogP contribution in [0.15, 0.2) is 29.0 Å². The Morgan fingerprint density at radius 1 is 1.36 bits per heavy atom. The monoisotopic (exact) mass is 344 g/mol. The van der Waals surface area contributed by atoms with E-state index in [0.29, 0.717) is 17.8 Å². The molecule has 0 radical (unpaired) electrons. The van der Waals surface area contributed by atoms with E-state index in [0.717, 1.165) is 4.90 Å². The number of hydrogen-bond acceptors (Lipinski definition) is 7. The van der Waals surface area contributed by atoms with Crippen molar-refractivity contribution in [2.24, 2.45) is 0 Å². The van der Waals surface area contributed by atoms with E-state index < -0.39 is 24.0 Å². The van der Waals surface area contributed by atoms with Crippen LogP contribution in [0.4, 0.5) is 4.79 Å². The number of imide groups is 1. The van der Waals surface area contributed by atoms with Crippen molar-refractivity contribution < 1.29 is 23.6 Å². The van der Waals surface area contributed by atoms with Gasteiger partial charge in [0.25, 0.3) is 5.91 Å². The molecule has 1 aliphatic rings. The first-order valence-corrected chi connectivity index (χ1v) is 7.66. The molecule has 0 aromatic carbocycles. The molecule has 2 aromatic rings. The Bertz CT molecular complexity index is 817. The summed E-state index contributed by atoms with van der Waals surface area (Å²) in [5.74, 6) is -1.05. The maximum Gasteiger partial charge on any atom is 0.344 e. The number of nitrogens with zero attached hydrogens (tertiary/aromatic N) is 3. The predicted octanol–water partition coefficient (Wildman–Crippen LogP) is 1.14. The maximum absolute atomic E-state index is 12.5. The van der Waals surface area contributed by atoms with Crippen LogP contribution in [0.5, 0.6) is 0 Å². The highest BCUT2D eigenvalue weighted by molar-refractivity contribution is 6.01. The summed E-state index contributed by atoms with van der Waals surface area (Å²) in [6.07, 6.45) is 2.01. The lowest BCUT2D eigenvalue weighted by Crippen LogP contribution is -2.41.